The van der Waals surface area contributed by atoms with Crippen LogP contribution < -0.4 is 15.2 Å². The SMILES string of the molecule is COc1c(CCCCN)cc(C(C)(C)C)cc1OC(F)(F)F. The summed E-state index contributed by atoms with van der Waals surface area (Å²) in [4.78, 5) is 0. The minimum Gasteiger partial charge on any atom is -0.493 e. The maximum absolute atomic E-state index is 12.6. The van der Waals surface area contributed by atoms with E-state index in [1.807, 2.05) is 26.8 Å². The summed E-state index contributed by atoms with van der Waals surface area (Å²) in [6, 6.07) is 3.29. The predicted molar refractivity (Wildman–Crippen MR) is 80.4 cm³/mol. The van der Waals surface area contributed by atoms with Gasteiger partial charge in [0.05, 0.1) is 7.11 Å². The van der Waals surface area contributed by atoms with Crippen molar-refractivity contribution in [3.63, 3.8) is 0 Å². The van der Waals surface area contributed by atoms with E-state index in [1.165, 1.54) is 13.2 Å². The van der Waals surface area contributed by atoms with Gasteiger partial charge >= 0.3 is 6.36 Å². The second-order valence-corrected chi connectivity index (χ2v) is 6.21. The Balaban J connectivity index is 3.29. The van der Waals surface area contributed by atoms with Crippen molar-refractivity contribution in [2.45, 2.75) is 51.8 Å². The number of unbranched alkanes of at least 4 members (excludes halogenated alkanes) is 1. The number of alkyl halides is 3. The van der Waals surface area contributed by atoms with Crippen molar-refractivity contribution in [3.8, 4) is 11.5 Å². The normalized spacial score (nSPS) is 12.4. The molecule has 0 fully saturated rings. The molecule has 0 unspecified atom stereocenters. The molecule has 0 saturated carbocycles. The Kier molecular flexibility index (Phi) is 6.11. The standard InChI is InChI=1S/C16H24F3NO2/c1-15(2,3)12-9-11(7-5-6-8-20)14(21-4)13(10-12)22-16(17,18)19/h9-10H,5-8,20H2,1-4H3. The van der Waals surface area contributed by atoms with Crippen LogP contribution in [0.5, 0.6) is 11.5 Å². The number of nitrogens with two attached hydrogens (primary N) is 1. The highest BCUT2D eigenvalue weighted by Crippen LogP contribution is 2.40. The smallest absolute Gasteiger partial charge is 0.493 e. The average Bonchev–Trinajstić information content (AvgIpc) is 2.35. The molecular formula is C16H24F3NO2. The lowest BCUT2D eigenvalue weighted by molar-refractivity contribution is -0.275. The fourth-order valence-corrected chi connectivity index (χ4v) is 2.17. The highest BCUT2D eigenvalue weighted by molar-refractivity contribution is 5.51. The monoisotopic (exact) mass is 319 g/mol. The number of halogens is 3. The zero-order chi connectivity index (χ0) is 17.0. The zero-order valence-electron chi connectivity index (χ0n) is 13.5. The molecule has 6 heteroatoms. The van der Waals surface area contributed by atoms with Gasteiger partial charge in [0.15, 0.2) is 11.5 Å². The molecule has 0 amide bonds. The fourth-order valence-electron chi connectivity index (χ4n) is 2.17. The number of rotatable bonds is 6. The van der Waals surface area contributed by atoms with Gasteiger partial charge in [0, 0.05) is 0 Å². The molecule has 0 heterocycles. The summed E-state index contributed by atoms with van der Waals surface area (Å²) in [7, 11) is 1.35. The van der Waals surface area contributed by atoms with Crippen molar-refractivity contribution in [1.82, 2.24) is 0 Å². The van der Waals surface area contributed by atoms with Gasteiger partial charge in [-0.25, -0.2) is 0 Å². The van der Waals surface area contributed by atoms with Crippen LogP contribution in [0.1, 0.15) is 44.7 Å². The number of ether oxygens (including phenoxy) is 2. The van der Waals surface area contributed by atoms with Crippen molar-refractivity contribution in [3.05, 3.63) is 23.3 Å². The quantitative estimate of drug-likeness (QED) is 0.800. The topological polar surface area (TPSA) is 44.5 Å². The van der Waals surface area contributed by atoms with E-state index in [0.29, 0.717) is 18.5 Å². The third-order valence-electron chi connectivity index (χ3n) is 3.33. The number of aryl methyl sites for hydroxylation is 1. The first kappa shape index (κ1) is 18.6. The predicted octanol–water partition coefficient (Wildman–Crippen LogP) is 4.17. The summed E-state index contributed by atoms with van der Waals surface area (Å²) in [5, 5.41) is 0. The van der Waals surface area contributed by atoms with Gasteiger partial charge < -0.3 is 15.2 Å². The summed E-state index contributed by atoms with van der Waals surface area (Å²) in [5.74, 6) is -0.146. The zero-order valence-corrected chi connectivity index (χ0v) is 13.5. The summed E-state index contributed by atoms with van der Waals surface area (Å²) < 4.78 is 47.2. The maximum atomic E-state index is 12.6. The Morgan fingerprint density at radius 3 is 2.18 bits per heavy atom. The highest BCUT2D eigenvalue weighted by atomic mass is 19.4. The Morgan fingerprint density at radius 2 is 1.73 bits per heavy atom. The van der Waals surface area contributed by atoms with Gasteiger partial charge in [-0.1, -0.05) is 26.8 Å². The lowest BCUT2D eigenvalue weighted by Gasteiger charge is -2.24. The lowest BCUT2D eigenvalue weighted by atomic mass is 9.85. The summed E-state index contributed by atoms with van der Waals surface area (Å²) >= 11 is 0. The Labute approximate surface area is 129 Å². The van der Waals surface area contributed by atoms with Crippen LogP contribution in [-0.4, -0.2) is 20.0 Å². The van der Waals surface area contributed by atoms with E-state index in [4.69, 9.17) is 10.5 Å². The van der Waals surface area contributed by atoms with E-state index in [2.05, 4.69) is 4.74 Å². The molecule has 0 atom stereocenters. The van der Waals surface area contributed by atoms with Gasteiger partial charge in [-0.2, -0.15) is 0 Å². The summed E-state index contributed by atoms with van der Waals surface area (Å²) in [6.07, 6.45) is -2.57. The van der Waals surface area contributed by atoms with Crippen molar-refractivity contribution >= 4 is 0 Å². The van der Waals surface area contributed by atoms with Crippen LogP contribution in [0.3, 0.4) is 0 Å². The van der Waals surface area contributed by atoms with Crippen LogP contribution in [0.15, 0.2) is 12.1 Å². The van der Waals surface area contributed by atoms with Crippen LogP contribution in [0.2, 0.25) is 0 Å². The maximum Gasteiger partial charge on any atom is 0.573 e. The molecule has 1 aromatic rings. The van der Waals surface area contributed by atoms with Gasteiger partial charge in [0.2, 0.25) is 0 Å². The molecule has 0 radical (unpaired) electrons. The Bertz CT molecular complexity index is 493. The molecule has 22 heavy (non-hydrogen) atoms. The molecule has 1 aromatic carbocycles. The van der Waals surface area contributed by atoms with Crippen LogP contribution in [0, 0.1) is 0 Å². The molecule has 0 aliphatic carbocycles. The van der Waals surface area contributed by atoms with Crippen LogP contribution in [0.25, 0.3) is 0 Å². The van der Waals surface area contributed by atoms with Crippen molar-refractivity contribution in [2.24, 2.45) is 5.73 Å². The third kappa shape index (κ3) is 5.40. The first-order valence-electron chi connectivity index (χ1n) is 7.25. The molecule has 1 rings (SSSR count). The minimum atomic E-state index is -4.75. The second-order valence-electron chi connectivity index (χ2n) is 6.21. The number of methoxy groups -OCH3 is 1. The second kappa shape index (κ2) is 7.22. The molecule has 0 saturated heterocycles. The number of hydrogen-bond donors (Lipinski definition) is 1. The molecule has 0 bridgehead atoms. The number of hydrogen-bond acceptors (Lipinski definition) is 3. The highest BCUT2D eigenvalue weighted by Gasteiger charge is 2.33. The molecular weight excluding hydrogens is 295 g/mol. The lowest BCUT2D eigenvalue weighted by Crippen LogP contribution is -2.19. The molecule has 0 aliphatic heterocycles. The fraction of sp³-hybridized carbons (Fsp3) is 0.625. The molecule has 126 valence electrons. The average molecular weight is 319 g/mol. The van der Waals surface area contributed by atoms with Gasteiger partial charge in [-0.15, -0.1) is 13.2 Å². The number of benzene rings is 1. The Morgan fingerprint density at radius 1 is 1.09 bits per heavy atom. The molecule has 3 nitrogen and oxygen atoms in total. The van der Waals surface area contributed by atoms with E-state index >= 15 is 0 Å². The minimum absolute atomic E-state index is 0.141. The largest absolute Gasteiger partial charge is 0.573 e. The Hall–Kier alpha value is -1.43. The first-order chi connectivity index (χ1) is 10.1. The third-order valence-corrected chi connectivity index (χ3v) is 3.33. The van der Waals surface area contributed by atoms with Gasteiger partial charge in [-0.3, -0.25) is 0 Å². The van der Waals surface area contributed by atoms with E-state index < -0.39 is 6.36 Å². The van der Waals surface area contributed by atoms with Crippen LogP contribution in [-0.2, 0) is 11.8 Å². The van der Waals surface area contributed by atoms with Gasteiger partial charge in [-0.05, 0) is 48.4 Å². The molecule has 2 N–H and O–H groups in total. The first-order valence-corrected chi connectivity index (χ1v) is 7.25. The van der Waals surface area contributed by atoms with Gasteiger partial charge in [0.25, 0.3) is 0 Å². The molecule has 0 aliphatic rings. The molecule has 0 spiro atoms. The van der Waals surface area contributed by atoms with Gasteiger partial charge in [0.1, 0.15) is 0 Å². The van der Waals surface area contributed by atoms with E-state index in [1.54, 1.807) is 0 Å². The summed E-state index contributed by atoms with van der Waals surface area (Å²) in [6.45, 7) is 6.37. The van der Waals surface area contributed by atoms with Crippen molar-refractivity contribution in [1.29, 1.82) is 0 Å². The van der Waals surface area contributed by atoms with Crippen molar-refractivity contribution < 1.29 is 22.6 Å². The van der Waals surface area contributed by atoms with E-state index in [9.17, 15) is 13.2 Å². The molecule has 0 aromatic heterocycles. The van der Waals surface area contributed by atoms with E-state index in [0.717, 1.165) is 18.4 Å². The van der Waals surface area contributed by atoms with Crippen molar-refractivity contribution in [2.75, 3.05) is 13.7 Å². The van der Waals surface area contributed by atoms with E-state index in [-0.39, 0.29) is 16.9 Å². The summed E-state index contributed by atoms with van der Waals surface area (Å²) in [5.41, 5.74) is 6.66. The van der Waals surface area contributed by atoms with Crippen LogP contribution in [0.4, 0.5) is 13.2 Å². The van der Waals surface area contributed by atoms with Crippen LogP contribution >= 0.6 is 0 Å².